The van der Waals surface area contributed by atoms with Crippen LogP contribution in [0.1, 0.15) is 5.56 Å². The molecule has 0 unspecified atom stereocenters. The molecule has 1 aliphatic heterocycles. The second-order valence-corrected chi connectivity index (χ2v) is 6.31. The van der Waals surface area contributed by atoms with Crippen LogP contribution in [0.25, 0.3) is 0 Å². The van der Waals surface area contributed by atoms with Crippen LogP contribution >= 0.6 is 11.6 Å². The maximum Gasteiger partial charge on any atom is 0.239 e. The van der Waals surface area contributed by atoms with Crippen molar-refractivity contribution in [2.24, 2.45) is 0 Å². The van der Waals surface area contributed by atoms with Gasteiger partial charge >= 0.3 is 0 Å². The Labute approximate surface area is 145 Å². The Morgan fingerprint density at radius 2 is 2.33 bits per heavy atom. The number of pyridine rings is 1. The van der Waals surface area contributed by atoms with Crippen LogP contribution in [0.4, 0.5) is 5.82 Å². The number of hydrogen-bond donors (Lipinski definition) is 1. The molecule has 3 heterocycles. The number of carbonyl (C=O) groups excluding carboxylic acids is 1. The quantitative estimate of drug-likeness (QED) is 0.887. The van der Waals surface area contributed by atoms with Crippen LogP contribution in [0.5, 0.6) is 0 Å². The van der Waals surface area contributed by atoms with Crippen LogP contribution in [0.2, 0.25) is 5.02 Å². The van der Waals surface area contributed by atoms with E-state index < -0.39 is 0 Å². The summed E-state index contributed by atoms with van der Waals surface area (Å²) in [6.07, 6.45) is 5.35. The van der Waals surface area contributed by atoms with Gasteiger partial charge in [0, 0.05) is 25.5 Å². The maximum absolute atomic E-state index is 12.1. The first kappa shape index (κ1) is 16.9. The van der Waals surface area contributed by atoms with Crippen LogP contribution < -0.4 is 5.32 Å². The van der Waals surface area contributed by atoms with Crippen LogP contribution in [0.3, 0.4) is 0 Å². The highest BCUT2D eigenvalue weighted by molar-refractivity contribution is 6.30. The molecule has 1 saturated heterocycles. The number of nitrogens with one attached hydrogen (secondary N) is 1. The van der Waals surface area contributed by atoms with Gasteiger partial charge in [-0.05, 0) is 24.6 Å². The Morgan fingerprint density at radius 1 is 1.46 bits per heavy atom. The number of carbonyl (C=O) groups is 1. The topological polar surface area (TPSA) is 72.3 Å². The zero-order valence-electron chi connectivity index (χ0n) is 13.5. The fraction of sp³-hybridized carbons (Fsp3) is 0.438. The predicted molar refractivity (Wildman–Crippen MR) is 91.0 cm³/mol. The summed E-state index contributed by atoms with van der Waals surface area (Å²) in [4.78, 5) is 18.3. The van der Waals surface area contributed by atoms with Crippen molar-refractivity contribution in [1.82, 2.24) is 19.7 Å². The molecule has 8 heteroatoms. The highest BCUT2D eigenvalue weighted by Gasteiger charge is 2.22. The van der Waals surface area contributed by atoms with E-state index in [1.54, 1.807) is 12.1 Å². The summed E-state index contributed by atoms with van der Waals surface area (Å²) in [6.45, 7) is 5.04. The molecule has 1 fully saturated rings. The zero-order chi connectivity index (χ0) is 16.9. The summed E-state index contributed by atoms with van der Waals surface area (Å²) in [5.41, 5.74) is 1.12. The lowest BCUT2D eigenvalue weighted by molar-refractivity contribution is -0.119. The molecule has 0 aromatic carbocycles. The van der Waals surface area contributed by atoms with Crippen LogP contribution in [-0.2, 0) is 16.1 Å². The van der Waals surface area contributed by atoms with E-state index in [0.29, 0.717) is 37.1 Å². The molecule has 1 aliphatic rings. The van der Waals surface area contributed by atoms with E-state index in [-0.39, 0.29) is 12.0 Å². The summed E-state index contributed by atoms with van der Waals surface area (Å²) >= 11 is 5.78. The number of ether oxygens (including phenoxy) is 1. The number of halogens is 1. The third kappa shape index (κ3) is 4.77. The Bertz CT molecular complexity index is 688. The third-order valence-electron chi connectivity index (χ3n) is 3.74. The average Bonchev–Trinajstić information content (AvgIpc) is 2.95. The number of nitrogens with zero attached hydrogens (tertiary/aromatic N) is 4. The molecule has 1 amide bonds. The summed E-state index contributed by atoms with van der Waals surface area (Å²) < 4.78 is 7.65. The van der Waals surface area contributed by atoms with Gasteiger partial charge in [0.15, 0.2) is 0 Å². The van der Waals surface area contributed by atoms with E-state index in [2.05, 4.69) is 20.3 Å². The molecule has 128 valence electrons. The molecule has 0 spiro atoms. The fourth-order valence-electron chi connectivity index (χ4n) is 2.65. The average molecular weight is 350 g/mol. The Morgan fingerprint density at radius 3 is 3.04 bits per heavy atom. The fourth-order valence-corrected chi connectivity index (χ4v) is 2.76. The minimum absolute atomic E-state index is 0.0273. The monoisotopic (exact) mass is 349 g/mol. The van der Waals surface area contributed by atoms with Gasteiger partial charge < -0.3 is 10.1 Å². The van der Waals surface area contributed by atoms with Gasteiger partial charge in [0.25, 0.3) is 0 Å². The van der Waals surface area contributed by atoms with Gasteiger partial charge in [-0.1, -0.05) is 11.6 Å². The lowest BCUT2D eigenvalue weighted by Crippen LogP contribution is -2.47. The second-order valence-electron chi connectivity index (χ2n) is 5.88. The van der Waals surface area contributed by atoms with Crippen molar-refractivity contribution < 1.29 is 9.53 Å². The minimum atomic E-state index is -0.0968. The summed E-state index contributed by atoms with van der Waals surface area (Å²) in [5.74, 6) is 0.404. The lowest BCUT2D eigenvalue weighted by Gasteiger charge is -2.32. The summed E-state index contributed by atoms with van der Waals surface area (Å²) in [6, 6.07) is 3.38. The SMILES string of the molecule is Cc1cnn(C[C@H]2CN(CC(=O)Nc3ccc(Cl)cn3)CCO2)c1. The predicted octanol–water partition coefficient (Wildman–Crippen LogP) is 1.58. The zero-order valence-corrected chi connectivity index (χ0v) is 14.2. The molecule has 0 radical (unpaired) electrons. The number of anilines is 1. The molecule has 24 heavy (non-hydrogen) atoms. The molecule has 0 aliphatic carbocycles. The Kier molecular flexibility index (Phi) is 5.44. The van der Waals surface area contributed by atoms with Gasteiger partial charge in [-0.25, -0.2) is 4.98 Å². The number of hydrogen-bond acceptors (Lipinski definition) is 5. The standard InChI is InChI=1S/C16H20ClN5O2/c1-12-6-19-22(8-12)10-14-9-21(4-5-24-14)11-16(23)20-15-3-2-13(17)7-18-15/h2-3,6-8,14H,4-5,9-11H2,1H3,(H,18,20,23)/t14-/m1/s1. The maximum atomic E-state index is 12.1. The number of rotatable bonds is 5. The van der Waals surface area contributed by atoms with Crippen molar-refractivity contribution in [2.45, 2.75) is 19.6 Å². The van der Waals surface area contributed by atoms with Crippen LogP contribution in [0.15, 0.2) is 30.7 Å². The van der Waals surface area contributed by atoms with Gasteiger partial charge in [0.1, 0.15) is 5.82 Å². The summed E-state index contributed by atoms with van der Waals surface area (Å²) in [5, 5.41) is 7.59. The van der Waals surface area contributed by atoms with Crippen molar-refractivity contribution >= 4 is 23.3 Å². The second kappa shape index (κ2) is 7.74. The molecular formula is C16H20ClN5O2. The highest BCUT2D eigenvalue weighted by atomic mass is 35.5. The van der Waals surface area contributed by atoms with E-state index in [9.17, 15) is 4.79 Å². The summed E-state index contributed by atoms with van der Waals surface area (Å²) in [7, 11) is 0. The molecule has 0 saturated carbocycles. The van der Waals surface area contributed by atoms with Crippen molar-refractivity contribution in [1.29, 1.82) is 0 Å². The van der Waals surface area contributed by atoms with E-state index >= 15 is 0 Å². The van der Waals surface area contributed by atoms with Gasteiger partial charge in [0.05, 0.1) is 37.0 Å². The van der Waals surface area contributed by atoms with Gasteiger partial charge in [-0.3, -0.25) is 14.4 Å². The highest BCUT2D eigenvalue weighted by Crippen LogP contribution is 2.11. The Hall–Kier alpha value is -1.96. The van der Waals surface area contributed by atoms with Crippen molar-refractivity contribution in [3.63, 3.8) is 0 Å². The molecule has 2 aromatic rings. The Balaban J connectivity index is 1.49. The van der Waals surface area contributed by atoms with E-state index in [1.165, 1.54) is 6.20 Å². The molecule has 1 atom stereocenters. The smallest absolute Gasteiger partial charge is 0.239 e. The van der Waals surface area contributed by atoms with E-state index in [0.717, 1.165) is 12.1 Å². The first-order valence-electron chi connectivity index (χ1n) is 7.83. The van der Waals surface area contributed by atoms with Gasteiger partial charge in [0.2, 0.25) is 5.91 Å². The normalized spacial score (nSPS) is 18.5. The number of aromatic nitrogens is 3. The largest absolute Gasteiger partial charge is 0.374 e. The van der Waals surface area contributed by atoms with Crippen molar-refractivity contribution in [2.75, 3.05) is 31.6 Å². The van der Waals surface area contributed by atoms with Gasteiger partial charge in [-0.2, -0.15) is 5.10 Å². The molecular weight excluding hydrogens is 330 g/mol. The molecule has 7 nitrogen and oxygen atoms in total. The van der Waals surface area contributed by atoms with E-state index in [1.807, 2.05) is 24.0 Å². The lowest BCUT2D eigenvalue weighted by atomic mass is 10.2. The molecule has 0 bridgehead atoms. The van der Waals surface area contributed by atoms with Crippen molar-refractivity contribution in [3.05, 3.63) is 41.3 Å². The van der Waals surface area contributed by atoms with Crippen LogP contribution in [0, 0.1) is 6.92 Å². The molecule has 3 rings (SSSR count). The number of morpholine rings is 1. The first-order chi connectivity index (χ1) is 11.6. The number of aryl methyl sites for hydroxylation is 1. The van der Waals surface area contributed by atoms with E-state index in [4.69, 9.17) is 16.3 Å². The van der Waals surface area contributed by atoms with Crippen LogP contribution in [-0.4, -0.2) is 57.9 Å². The molecule has 2 aromatic heterocycles. The van der Waals surface area contributed by atoms with Crippen molar-refractivity contribution in [3.8, 4) is 0 Å². The third-order valence-corrected chi connectivity index (χ3v) is 3.96. The number of amides is 1. The minimum Gasteiger partial charge on any atom is -0.374 e. The first-order valence-corrected chi connectivity index (χ1v) is 8.21. The molecule has 1 N–H and O–H groups in total. The van der Waals surface area contributed by atoms with Gasteiger partial charge in [-0.15, -0.1) is 0 Å².